The molecule has 2 aromatic rings. The van der Waals surface area contributed by atoms with Gasteiger partial charge in [0.05, 0.1) is 17.3 Å². The number of pyridine rings is 1. The van der Waals surface area contributed by atoms with Crippen LogP contribution in [0.3, 0.4) is 0 Å². The number of aryl methyl sites for hydroxylation is 1. The number of hydrogen-bond donors (Lipinski definition) is 2. The number of halogens is 2. The largest absolute Gasteiger partial charge is 0.332 e. The number of nitrogens with one attached hydrogen (secondary N) is 1. The molecule has 2 heterocycles. The average molecular weight is 390 g/mol. The van der Waals surface area contributed by atoms with E-state index < -0.39 is 11.2 Å². The third-order valence-corrected chi connectivity index (χ3v) is 4.40. The van der Waals surface area contributed by atoms with Crippen LogP contribution in [0.25, 0.3) is 11.0 Å². The van der Waals surface area contributed by atoms with Gasteiger partial charge in [0.2, 0.25) is 5.91 Å². The van der Waals surface area contributed by atoms with Gasteiger partial charge < -0.3 is 11.1 Å². The summed E-state index contributed by atoms with van der Waals surface area (Å²) in [6, 6.07) is 1.62. The molecule has 2 atom stereocenters. The Morgan fingerprint density at radius 3 is 2.52 bits per heavy atom. The van der Waals surface area contributed by atoms with Gasteiger partial charge in [-0.3, -0.25) is 18.7 Å². The van der Waals surface area contributed by atoms with E-state index in [4.69, 9.17) is 5.73 Å². The highest BCUT2D eigenvalue weighted by Gasteiger charge is 2.27. The number of aromatic nitrogens is 3. The van der Waals surface area contributed by atoms with Crippen molar-refractivity contribution < 1.29 is 4.79 Å². The summed E-state index contributed by atoms with van der Waals surface area (Å²) in [6.07, 6.45) is 3.73. The van der Waals surface area contributed by atoms with Gasteiger partial charge in [0.1, 0.15) is 5.65 Å². The van der Waals surface area contributed by atoms with Gasteiger partial charge in [0.15, 0.2) is 0 Å². The first kappa shape index (κ1) is 21.1. The Bertz CT molecular complexity index is 908. The van der Waals surface area contributed by atoms with Crippen molar-refractivity contribution in [3.63, 3.8) is 0 Å². The average Bonchev–Trinajstić information content (AvgIpc) is 2.97. The molecular formula is C15H21Cl2N5O3. The smallest absolute Gasteiger partial charge is 0.328 e. The first-order valence-corrected chi connectivity index (χ1v) is 7.50. The van der Waals surface area contributed by atoms with Gasteiger partial charge in [0.25, 0.3) is 5.56 Å². The van der Waals surface area contributed by atoms with E-state index >= 15 is 0 Å². The summed E-state index contributed by atoms with van der Waals surface area (Å²) in [5, 5.41) is 3.07. The van der Waals surface area contributed by atoms with Crippen LogP contribution >= 0.6 is 24.8 Å². The third kappa shape index (κ3) is 3.86. The molecule has 2 aromatic heterocycles. The fourth-order valence-electron chi connectivity index (χ4n) is 3.03. The lowest BCUT2D eigenvalue weighted by atomic mass is 10.1. The Morgan fingerprint density at radius 2 is 1.92 bits per heavy atom. The molecule has 0 radical (unpaired) electrons. The second kappa shape index (κ2) is 7.99. The summed E-state index contributed by atoms with van der Waals surface area (Å²) in [7, 11) is 2.96. The quantitative estimate of drug-likeness (QED) is 0.778. The predicted molar refractivity (Wildman–Crippen MR) is 101 cm³/mol. The summed E-state index contributed by atoms with van der Waals surface area (Å²) < 4.78 is 2.32. The Morgan fingerprint density at radius 1 is 1.24 bits per heavy atom. The van der Waals surface area contributed by atoms with E-state index in [0.717, 1.165) is 17.4 Å². The zero-order chi connectivity index (χ0) is 16.7. The van der Waals surface area contributed by atoms with Crippen molar-refractivity contribution >= 4 is 47.4 Å². The van der Waals surface area contributed by atoms with Crippen LogP contribution in [0.4, 0.5) is 5.69 Å². The Kier molecular flexibility index (Phi) is 6.75. The highest BCUT2D eigenvalue weighted by molar-refractivity contribution is 5.94. The lowest BCUT2D eigenvalue weighted by molar-refractivity contribution is -0.119. The van der Waals surface area contributed by atoms with Gasteiger partial charge in [-0.05, 0) is 25.3 Å². The molecule has 1 aliphatic carbocycles. The van der Waals surface area contributed by atoms with Gasteiger partial charge in [-0.15, -0.1) is 24.8 Å². The van der Waals surface area contributed by atoms with Crippen molar-refractivity contribution in [1.82, 2.24) is 14.1 Å². The number of anilines is 1. The van der Waals surface area contributed by atoms with E-state index in [1.54, 1.807) is 13.1 Å². The second-order valence-corrected chi connectivity index (χ2v) is 6.06. The lowest BCUT2D eigenvalue weighted by Crippen LogP contribution is -2.37. The number of rotatable bonds is 2. The minimum Gasteiger partial charge on any atom is -0.328 e. The van der Waals surface area contributed by atoms with Crippen molar-refractivity contribution in [1.29, 1.82) is 0 Å². The normalized spacial score (nSPS) is 19.2. The highest BCUT2D eigenvalue weighted by Crippen LogP contribution is 2.25. The molecule has 0 bridgehead atoms. The molecule has 25 heavy (non-hydrogen) atoms. The van der Waals surface area contributed by atoms with Gasteiger partial charge in [-0.25, -0.2) is 9.78 Å². The molecule has 1 aliphatic rings. The fourth-order valence-corrected chi connectivity index (χ4v) is 3.03. The van der Waals surface area contributed by atoms with E-state index in [-0.39, 0.29) is 48.1 Å². The number of hydrogen-bond acceptors (Lipinski definition) is 5. The standard InChI is InChI=1S/C15H19N5O3.2ClH/c1-19-12-11(14(22)20(2)15(19)23)6-10(7-17-12)18-13(21)8-3-4-9(16)5-8;;/h6-9H,3-5,16H2,1-2H3,(H,18,21);2*1H. The van der Waals surface area contributed by atoms with Crippen molar-refractivity contribution in [3.8, 4) is 0 Å². The third-order valence-electron chi connectivity index (χ3n) is 4.40. The molecule has 0 aromatic carbocycles. The first-order chi connectivity index (χ1) is 10.9. The molecule has 10 heteroatoms. The Labute approximate surface area is 156 Å². The minimum absolute atomic E-state index is 0. The van der Waals surface area contributed by atoms with Gasteiger partial charge in [-0.1, -0.05) is 0 Å². The molecule has 138 valence electrons. The molecule has 1 saturated carbocycles. The van der Waals surface area contributed by atoms with E-state index in [0.29, 0.717) is 17.8 Å². The number of nitrogens with zero attached hydrogens (tertiary/aromatic N) is 3. The fraction of sp³-hybridized carbons (Fsp3) is 0.467. The summed E-state index contributed by atoms with van der Waals surface area (Å²) in [4.78, 5) is 40.5. The molecule has 0 saturated heterocycles. The maximum absolute atomic E-state index is 12.2. The van der Waals surface area contributed by atoms with Crippen molar-refractivity contribution in [2.24, 2.45) is 25.7 Å². The van der Waals surface area contributed by atoms with E-state index in [1.807, 2.05) is 0 Å². The molecular weight excluding hydrogens is 369 g/mol. The van der Waals surface area contributed by atoms with Crippen LogP contribution < -0.4 is 22.3 Å². The maximum Gasteiger partial charge on any atom is 0.332 e. The molecule has 3 rings (SSSR count). The number of carbonyl (C=O) groups excluding carboxylic acids is 1. The van der Waals surface area contributed by atoms with Gasteiger partial charge in [-0.2, -0.15) is 0 Å². The topological polar surface area (TPSA) is 112 Å². The number of amides is 1. The van der Waals surface area contributed by atoms with Crippen LogP contribution in [-0.2, 0) is 18.9 Å². The summed E-state index contributed by atoms with van der Waals surface area (Å²) >= 11 is 0. The van der Waals surface area contributed by atoms with Crippen LogP contribution in [0.15, 0.2) is 21.9 Å². The summed E-state index contributed by atoms with van der Waals surface area (Å²) in [5.41, 5.74) is 5.69. The molecule has 2 unspecified atom stereocenters. The number of carbonyl (C=O) groups is 1. The molecule has 8 nitrogen and oxygen atoms in total. The van der Waals surface area contributed by atoms with Crippen molar-refractivity contribution in [2.75, 3.05) is 5.32 Å². The molecule has 0 spiro atoms. The first-order valence-electron chi connectivity index (χ1n) is 7.50. The monoisotopic (exact) mass is 389 g/mol. The second-order valence-electron chi connectivity index (χ2n) is 6.06. The SMILES string of the molecule is Cl.Cl.Cn1c(=O)c2cc(NC(=O)C3CCC(N)C3)cnc2n(C)c1=O. The van der Waals surface area contributed by atoms with E-state index in [1.165, 1.54) is 17.8 Å². The maximum atomic E-state index is 12.2. The van der Waals surface area contributed by atoms with Crippen molar-refractivity contribution in [2.45, 2.75) is 25.3 Å². The molecule has 0 aliphatic heterocycles. The Hall–Kier alpha value is -1.90. The lowest BCUT2D eigenvalue weighted by Gasteiger charge is -2.12. The van der Waals surface area contributed by atoms with Gasteiger partial charge >= 0.3 is 5.69 Å². The predicted octanol–water partition coefficient (Wildman–Crippen LogP) is 0.542. The number of nitrogens with two attached hydrogens (primary N) is 1. The van der Waals surface area contributed by atoms with Gasteiger partial charge in [0, 0.05) is 26.1 Å². The minimum atomic E-state index is -0.438. The molecule has 3 N–H and O–H groups in total. The van der Waals surface area contributed by atoms with Crippen LogP contribution in [0.2, 0.25) is 0 Å². The van der Waals surface area contributed by atoms with Crippen LogP contribution in [0.5, 0.6) is 0 Å². The Balaban J connectivity index is 0.00000156. The highest BCUT2D eigenvalue weighted by atomic mass is 35.5. The zero-order valence-corrected chi connectivity index (χ0v) is 15.5. The van der Waals surface area contributed by atoms with E-state index in [2.05, 4.69) is 10.3 Å². The van der Waals surface area contributed by atoms with Crippen molar-refractivity contribution in [3.05, 3.63) is 33.1 Å². The van der Waals surface area contributed by atoms with Crippen LogP contribution in [-0.4, -0.2) is 26.1 Å². The molecule has 1 amide bonds. The zero-order valence-electron chi connectivity index (χ0n) is 13.9. The summed E-state index contributed by atoms with van der Waals surface area (Å²) in [5.74, 6) is -0.218. The molecule has 1 fully saturated rings. The van der Waals surface area contributed by atoms with Crippen LogP contribution in [0, 0.1) is 5.92 Å². The van der Waals surface area contributed by atoms with E-state index in [9.17, 15) is 14.4 Å². The summed E-state index contributed by atoms with van der Waals surface area (Å²) in [6.45, 7) is 0. The number of fused-ring (bicyclic) bond motifs is 1. The van der Waals surface area contributed by atoms with Crippen LogP contribution in [0.1, 0.15) is 19.3 Å².